The summed E-state index contributed by atoms with van der Waals surface area (Å²) < 4.78 is 29.1. The summed E-state index contributed by atoms with van der Waals surface area (Å²) >= 11 is 0. The molecule has 39 heavy (non-hydrogen) atoms. The smallest absolute Gasteiger partial charge is 0.262 e. The van der Waals surface area contributed by atoms with Crippen molar-refractivity contribution in [3.8, 4) is 0 Å². The lowest BCUT2D eigenvalue weighted by molar-refractivity contribution is -0.133. The third-order valence-electron chi connectivity index (χ3n) is 6.97. The van der Waals surface area contributed by atoms with E-state index in [0.29, 0.717) is 29.9 Å². The summed E-state index contributed by atoms with van der Waals surface area (Å²) in [6.45, 7) is 10.2. The van der Waals surface area contributed by atoms with E-state index in [-0.39, 0.29) is 35.2 Å². The molecule has 0 aromatic heterocycles. The minimum Gasteiger partial charge on any atom is -0.368 e. The second-order valence-electron chi connectivity index (χ2n) is 10.1. The molecule has 3 aromatic carbocycles. The van der Waals surface area contributed by atoms with E-state index in [1.54, 1.807) is 43.0 Å². The average molecular weight is 549 g/mol. The monoisotopic (exact) mass is 548 g/mol. The Hall–Kier alpha value is -3.85. The van der Waals surface area contributed by atoms with Gasteiger partial charge in [-0.2, -0.15) is 0 Å². The molecule has 2 N–H and O–H groups in total. The number of hydrogen-bond donors (Lipinski definition) is 2. The number of anilines is 3. The molecule has 9 heteroatoms. The molecule has 8 nitrogen and oxygen atoms in total. The van der Waals surface area contributed by atoms with Gasteiger partial charge in [-0.3, -0.25) is 14.3 Å². The first kappa shape index (κ1) is 28.2. The zero-order chi connectivity index (χ0) is 28.2. The van der Waals surface area contributed by atoms with Crippen molar-refractivity contribution in [3.05, 3.63) is 82.9 Å². The number of amides is 2. The number of benzene rings is 3. The van der Waals surface area contributed by atoms with Gasteiger partial charge in [0.05, 0.1) is 16.3 Å². The van der Waals surface area contributed by atoms with Crippen LogP contribution in [-0.2, 0) is 19.6 Å². The summed E-state index contributed by atoms with van der Waals surface area (Å²) in [5, 5.41) is 2.77. The van der Waals surface area contributed by atoms with Gasteiger partial charge in [-0.15, -0.1) is 0 Å². The van der Waals surface area contributed by atoms with Gasteiger partial charge in [0.1, 0.15) is 0 Å². The highest BCUT2D eigenvalue weighted by atomic mass is 32.2. The second kappa shape index (κ2) is 11.9. The highest BCUT2D eigenvalue weighted by Crippen LogP contribution is 2.28. The van der Waals surface area contributed by atoms with Crippen molar-refractivity contribution in [2.45, 2.75) is 45.4 Å². The lowest BCUT2D eigenvalue weighted by Crippen LogP contribution is -2.49. The van der Waals surface area contributed by atoms with E-state index < -0.39 is 10.0 Å². The van der Waals surface area contributed by atoms with E-state index in [4.69, 9.17) is 0 Å². The van der Waals surface area contributed by atoms with Crippen LogP contribution in [0.25, 0.3) is 0 Å². The first-order valence-corrected chi connectivity index (χ1v) is 14.6. The SMILES string of the molecule is Cc1cc(C)c(S(=O)(=O)Nc2ccccc2NC(=O)CCC(=O)N2CCN(c3ccccc3C)CC2)c(C)c1. The number of piperazine rings is 1. The molecule has 0 saturated carbocycles. The van der Waals surface area contributed by atoms with Crippen LogP contribution in [-0.4, -0.2) is 51.3 Å². The van der Waals surface area contributed by atoms with E-state index in [1.807, 2.05) is 31.2 Å². The molecule has 1 saturated heterocycles. The molecule has 1 heterocycles. The Bertz CT molecular complexity index is 1450. The van der Waals surface area contributed by atoms with Crippen LogP contribution in [0.1, 0.15) is 35.1 Å². The molecule has 0 spiro atoms. The van der Waals surface area contributed by atoms with Crippen LogP contribution >= 0.6 is 0 Å². The van der Waals surface area contributed by atoms with Crippen molar-refractivity contribution in [2.75, 3.05) is 41.1 Å². The number of para-hydroxylation sites is 3. The van der Waals surface area contributed by atoms with Crippen LogP contribution < -0.4 is 14.9 Å². The van der Waals surface area contributed by atoms with Crippen molar-refractivity contribution in [1.82, 2.24) is 4.90 Å². The second-order valence-corrected chi connectivity index (χ2v) is 11.7. The first-order valence-electron chi connectivity index (χ1n) is 13.1. The van der Waals surface area contributed by atoms with Gasteiger partial charge in [-0.1, -0.05) is 48.0 Å². The Morgan fingerprint density at radius 2 is 1.36 bits per heavy atom. The summed E-state index contributed by atoms with van der Waals surface area (Å²) in [7, 11) is -3.88. The number of sulfonamides is 1. The zero-order valence-electron chi connectivity index (χ0n) is 23.0. The predicted molar refractivity (Wildman–Crippen MR) is 156 cm³/mol. The van der Waals surface area contributed by atoms with Crippen LogP contribution in [0.5, 0.6) is 0 Å². The summed E-state index contributed by atoms with van der Waals surface area (Å²) in [6.07, 6.45) is 0.0972. The summed E-state index contributed by atoms with van der Waals surface area (Å²) in [4.78, 5) is 29.8. The van der Waals surface area contributed by atoms with Gasteiger partial charge in [0.25, 0.3) is 10.0 Å². The van der Waals surface area contributed by atoms with Crippen LogP contribution in [0.4, 0.5) is 17.1 Å². The molecule has 3 aromatic rings. The van der Waals surface area contributed by atoms with Crippen molar-refractivity contribution in [3.63, 3.8) is 0 Å². The van der Waals surface area contributed by atoms with Crippen LogP contribution in [0, 0.1) is 27.7 Å². The summed E-state index contributed by atoms with van der Waals surface area (Å²) in [5.74, 6) is -0.412. The maximum absolute atomic E-state index is 13.2. The maximum atomic E-state index is 13.2. The Morgan fingerprint density at radius 1 is 0.769 bits per heavy atom. The Balaban J connectivity index is 1.34. The molecular formula is C30H36N4O4S. The number of carbonyl (C=O) groups is 2. The minimum atomic E-state index is -3.88. The van der Waals surface area contributed by atoms with E-state index >= 15 is 0 Å². The predicted octanol–water partition coefficient (Wildman–Crippen LogP) is 4.79. The Labute approximate surface area is 231 Å². The quantitative estimate of drug-likeness (QED) is 0.422. The van der Waals surface area contributed by atoms with E-state index in [1.165, 1.54) is 11.3 Å². The molecule has 1 aliphatic heterocycles. The molecule has 0 radical (unpaired) electrons. The fourth-order valence-electron chi connectivity index (χ4n) is 5.17. The topological polar surface area (TPSA) is 98.8 Å². The molecular weight excluding hydrogens is 512 g/mol. The van der Waals surface area contributed by atoms with E-state index in [2.05, 4.69) is 34.0 Å². The van der Waals surface area contributed by atoms with Crippen molar-refractivity contribution in [1.29, 1.82) is 0 Å². The molecule has 206 valence electrons. The van der Waals surface area contributed by atoms with Gasteiger partial charge < -0.3 is 15.1 Å². The number of carbonyl (C=O) groups excluding carboxylic acids is 2. The largest absolute Gasteiger partial charge is 0.368 e. The maximum Gasteiger partial charge on any atom is 0.262 e. The van der Waals surface area contributed by atoms with Crippen molar-refractivity contribution >= 4 is 38.9 Å². The number of nitrogens with zero attached hydrogens (tertiary/aromatic N) is 2. The summed E-state index contributed by atoms with van der Waals surface area (Å²) in [6, 6.07) is 18.5. The van der Waals surface area contributed by atoms with Crippen molar-refractivity contribution < 1.29 is 18.0 Å². The lowest BCUT2D eigenvalue weighted by atomic mass is 10.1. The zero-order valence-corrected chi connectivity index (χ0v) is 23.8. The Kier molecular flexibility index (Phi) is 8.60. The highest BCUT2D eigenvalue weighted by Gasteiger charge is 2.24. The fourth-order valence-corrected chi connectivity index (χ4v) is 6.71. The van der Waals surface area contributed by atoms with Crippen LogP contribution in [0.15, 0.2) is 65.6 Å². The van der Waals surface area contributed by atoms with Crippen molar-refractivity contribution in [2.24, 2.45) is 0 Å². The highest BCUT2D eigenvalue weighted by molar-refractivity contribution is 7.92. The average Bonchev–Trinajstić information content (AvgIpc) is 2.88. The van der Waals surface area contributed by atoms with Gasteiger partial charge in [-0.25, -0.2) is 8.42 Å². The van der Waals surface area contributed by atoms with E-state index in [9.17, 15) is 18.0 Å². The molecule has 1 fully saturated rings. The Morgan fingerprint density at radius 3 is 2.00 bits per heavy atom. The molecule has 2 amide bonds. The number of aryl methyl sites for hydroxylation is 4. The van der Waals surface area contributed by atoms with Gasteiger partial charge >= 0.3 is 0 Å². The molecule has 0 aliphatic carbocycles. The molecule has 0 atom stereocenters. The molecule has 4 rings (SSSR count). The van der Waals surface area contributed by atoms with Crippen LogP contribution in [0.2, 0.25) is 0 Å². The molecule has 0 unspecified atom stereocenters. The molecule has 1 aliphatic rings. The summed E-state index contributed by atoms with van der Waals surface area (Å²) in [5.41, 5.74) is 5.29. The van der Waals surface area contributed by atoms with Gasteiger partial charge in [0, 0.05) is 44.7 Å². The number of rotatable bonds is 8. The van der Waals surface area contributed by atoms with Gasteiger partial charge in [0.15, 0.2) is 0 Å². The normalized spacial score (nSPS) is 13.7. The standard InChI is InChI=1S/C30H36N4O4S/c1-21-19-23(3)30(24(4)20-21)39(37,38)32-26-11-7-6-10-25(26)31-28(35)13-14-29(36)34-17-15-33(16-18-34)27-12-8-5-9-22(27)2/h5-12,19-20,32H,13-18H2,1-4H3,(H,31,35). The fraction of sp³-hybridized carbons (Fsp3) is 0.333. The van der Waals surface area contributed by atoms with Gasteiger partial charge in [-0.05, 0) is 62.6 Å². The minimum absolute atomic E-state index is 0.00804. The number of nitrogens with one attached hydrogen (secondary N) is 2. The third-order valence-corrected chi connectivity index (χ3v) is 8.64. The van der Waals surface area contributed by atoms with E-state index in [0.717, 1.165) is 18.7 Å². The van der Waals surface area contributed by atoms with Crippen LogP contribution in [0.3, 0.4) is 0 Å². The third kappa shape index (κ3) is 6.78. The first-order chi connectivity index (χ1) is 18.5. The lowest BCUT2D eigenvalue weighted by Gasteiger charge is -2.36. The number of hydrogen-bond acceptors (Lipinski definition) is 5. The van der Waals surface area contributed by atoms with Gasteiger partial charge in [0.2, 0.25) is 11.8 Å². The molecule has 0 bridgehead atoms.